The molecule has 4 nitrogen and oxygen atoms in total. The first-order valence-corrected chi connectivity index (χ1v) is 6.61. The summed E-state index contributed by atoms with van der Waals surface area (Å²) in [5.74, 6) is -0.854. The maximum absolute atomic E-state index is 11.0. The Morgan fingerprint density at radius 3 is 3.00 bits per heavy atom. The molecule has 2 N–H and O–H groups in total. The number of halogens is 1. The molecule has 1 saturated heterocycles. The number of β-amino-alcohol motifs (C(OH)–C–C–N with tert-alkyl or cyclic N) is 1. The molecule has 2 atom stereocenters. The van der Waals surface area contributed by atoms with E-state index in [2.05, 4.69) is 15.9 Å². The van der Waals surface area contributed by atoms with Crippen molar-refractivity contribution in [3.8, 4) is 0 Å². The van der Waals surface area contributed by atoms with Crippen LogP contribution in [0.3, 0.4) is 0 Å². The minimum absolute atomic E-state index is 0.321. The van der Waals surface area contributed by atoms with Crippen LogP contribution < -0.4 is 0 Å². The number of carboxylic acids is 1. The van der Waals surface area contributed by atoms with Crippen LogP contribution in [-0.4, -0.2) is 39.8 Å². The minimum Gasteiger partial charge on any atom is -0.480 e. The predicted molar refractivity (Wildman–Crippen MR) is 64.5 cm³/mol. The van der Waals surface area contributed by atoms with Crippen LogP contribution in [0.2, 0.25) is 0 Å². The minimum atomic E-state index is -0.854. The molecule has 88 valence electrons. The van der Waals surface area contributed by atoms with Gasteiger partial charge in [0.15, 0.2) is 0 Å². The second-order valence-corrected chi connectivity index (χ2v) is 5.82. The highest BCUT2D eigenvalue weighted by molar-refractivity contribution is 9.10. The third-order valence-electron chi connectivity index (χ3n) is 2.65. The van der Waals surface area contributed by atoms with Crippen molar-refractivity contribution in [2.75, 3.05) is 6.54 Å². The molecular weight excluding hydrogens is 294 g/mol. The van der Waals surface area contributed by atoms with Gasteiger partial charge < -0.3 is 10.2 Å². The molecule has 2 unspecified atom stereocenters. The Hall–Kier alpha value is -0.430. The zero-order valence-electron chi connectivity index (χ0n) is 8.47. The van der Waals surface area contributed by atoms with Crippen molar-refractivity contribution in [2.24, 2.45) is 0 Å². The summed E-state index contributed by atoms with van der Waals surface area (Å²) in [6, 6.07) is 1.42. The van der Waals surface area contributed by atoms with Crippen molar-refractivity contribution in [2.45, 2.75) is 25.1 Å². The number of nitrogens with zero attached hydrogens (tertiary/aromatic N) is 1. The molecule has 6 heteroatoms. The normalized spacial score (nSPS) is 26.1. The van der Waals surface area contributed by atoms with E-state index < -0.39 is 18.1 Å². The van der Waals surface area contributed by atoms with Gasteiger partial charge >= 0.3 is 5.97 Å². The van der Waals surface area contributed by atoms with Crippen molar-refractivity contribution >= 4 is 33.2 Å². The summed E-state index contributed by atoms with van der Waals surface area (Å²) in [7, 11) is 0. The molecule has 0 spiro atoms. The molecule has 2 rings (SSSR count). The molecule has 0 aromatic carbocycles. The lowest BCUT2D eigenvalue weighted by Gasteiger charge is -2.19. The number of aliphatic carboxylic acids is 1. The molecule has 16 heavy (non-hydrogen) atoms. The van der Waals surface area contributed by atoms with E-state index in [9.17, 15) is 9.90 Å². The van der Waals surface area contributed by atoms with Crippen molar-refractivity contribution in [3.63, 3.8) is 0 Å². The van der Waals surface area contributed by atoms with Gasteiger partial charge in [0.2, 0.25) is 0 Å². The quantitative estimate of drug-likeness (QED) is 0.889. The second kappa shape index (κ2) is 4.83. The number of thiophene rings is 1. The lowest BCUT2D eigenvalue weighted by atomic mass is 10.2. The molecule has 2 heterocycles. The van der Waals surface area contributed by atoms with Crippen LogP contribution in [-0.2, 0) is 11.3 Å². The number of carbonyl (C=O) groups is 1. The topological polar surface area (TPSA) is 60.8 Å². The van der Waals surface area contributed by atoms with Crippen molar-refractivity contribution in [3.05, 3.63) is 20.8 Å². The van der Waals surface area contributed by atoms with E-state index in [4.69, 9.17) is 5.11 Å². The molecule has 1 fully saturated rings. The second-order valence-electron chi connectivity index (χ2n) is 3.90. The number of rotatable bonds is 3. The zero-order chi connectivity index (χ0) is 11.7. The first-order valence-electron chi connectivity index (χ1n) is 4.94. The Morgan fingerprint density at radius 2 is 2.44 bits per heavy atom. The number of hydrogen-bond acceptors (Lipinski definition) is 4. The molecule has 0 radical (unpaired) electrons. The van der Waals surface area contributed by atoms with Crippen molar-refractivity contribution in [1.82, 2.24) is 4.90 Å². The summed E-state index contributed by atoms with van der Waals surface area (Å²) < 4.78 is 1.01. The van der Waals surface area contributed by atoms with E-state index in [-0.39, 0.29) is 0 Å². The molecule has 1 aromatic heterocycles. The van der Waals surface area contributed by atoms with Crippen LogP contribution in [0.4, 0.5) is 0 Å². The lowest BCUT2D eigenvalue weighted by molar-refractivity contribution is -0.142. The van der Waals surface area contributed by atoms with Crippen LogP contribution in [0.5, 0.6) is 0 Å². The van der Waals surface area contributed by atoms with E-state index in [1.165, 1.54) is 0 Å². The Labute approximate surface area is 106 Å². The SMILES string of the molecule is O=C(O)C1CC(O)CN1Cc1cc(Br)cs1. The van der Waals surface area contributed by atoms with Crippen LogP contribution in [0.25, 0.3) is 0 Å². The maximum atomic E-state index is 11.0. The van der Waals surface area contributed by atoms with Crippen LogP contribution in [0.15, 0.2) is 15.9 Å². The number of aliphatic hydroxyl groups excluding tert-OH is 1. The van der Waals surface area contributed by atoms with Gasteiger partial charge in [-0.25, -0.2) is 0 Å². The molecule has 0 aliphatic carbocycles. The van der Waals surface area contributed by atoms with Gasteiger partial charge in [-0.05, 0) is 22.0 Å². The molecule has 1 aromatic rings. The van der Waals surface area contributed by atoms with Gasteiger partial charge in [-0.1, -0.05) is 0 Å². The van der Waals surface area contributed by atoms with Gasteiger partial charge in [0.1, 0.15) is 6.04 Å². The zero-order valence-corrected chi connectivity index (χ0v) is 10.9. The standard InChI is InChI=1S/C10H12BrNO3S/c11-6-1-8(16-5-6)4-12-3-7(13)2-9(12)10(14)15/h1,5,7,9,13H,2-4H2,(H,14,15). The van der Waals surface area contributed by atoms with E-state index >= 15 is 0 Å². The first kappa shape index (κ1) is 12.0. The molecule has 1 aliphatic heterocycles. The van der Waals surface area contributed by atoms with E-state index in [0.29, 0.717) is 19.5 Å². The monoisotopic (exact) mass is 305 g/mol. The fourth-order valence-corrected chi connectivity index (χ4v) is 3.42. The van der Waals surface area contributed by atoms with Gasteiger partial charge in [0.25, 0.3) is 0 Å². The largest absolute Gasteiger partial charge is 0.480 e. The summed E-state index contributed by atoms with van der Waals surface area (Å²) in [6.07, 6.45) is -0.202. The highest BCUT2D eigenvalue weighted by atomic mass is 79.9. The van der Waals surface area contributed by atoms with Gasteiger partial charge in [-0.15, -0.1) is 11.3 Å². The molecular formula is C10H12BrNO3S. The van der Waals surface area contributed by atoms with Crippen molar-refractivity contribution in [1.29, 1.82) is 0 Å². The summed E-state index contributed by atoms with van der Waals surface area (Å²) in [5.41, 5.74) is 0. The third-order valence-corrected chi connectivity index (χ3v) is 4.33. The van der Waals surface area contributed by atoms with Gasteiger partial charge in [0, 0.05) is 34.2 Å². The third kappa shape index (κ3) is 2.63. The molecule has 1 aliphatic rings. The first-order chi connectivity index (χ1) is 7.56. The smallest absolute Gasteiger partial charge is 0.321 e. The Bertz CT molecular complexity index is 395. The summed E-state index contributed by atoms with van der Waals surface area (Å²) >= 11 is 4.95. The van der Waals surface area contributed by atoms with Crippen LogP contribution in [0, 0.1) is 0 Å². The maximum Gasteiger partial charge on any atom is 0.321 e. The number of carboxylic acid groups (broad SMARTS) is 1. The lowest BCUT2D eigenvalue weighted by Crippen LogP contribution is -2.35. The van der Waals surface area contributed by atoms with Crippen molar-refractivity contribution < 1.29 is 15.0 Å². The number of likely N-dealkylation sites (tertiary alicyclic amines) is 1. The fourth-order valence-electron chi connectivity index (χ4n) is 1.95. The van der Waals surface area contributed by atoms with Crippen LogP contribution in [0.1, 0.15) is 11.3 Å². The van der Waals surface area contributed by atoms with Crippen LogP contribution >= 0.6 is 27.3 Å². The fraction of sp³-hybridized carbons (Fsp3) is 0.500. The van der Waals surface area contributed by atoms with E-state index in [1.807, 2.05) is 16.3 Å². The highest BCUT2D eigenvalue weighted by Crippen LogP contribution is 2.25. The Balaban J connectivity index is 2.05. The summed E-state index contributed by atoms with van der Waals surface area (Å²) in [6.45, 7) is 1.02. The van der Waals surface area contributed by atoms with E-state index in [1.54, 1.807) is 11.3 Å². The van der Waals surface area contributed by atoms with E-state index in [0.717, 1.165) is 9.35 Å². The highest BCUT2D eigenvalue weighted by Gasteiger charge is 2.35. The summed E-state index contributed by atoms with van der Waals surface area (Å²) in [5, 5.41) is 20.5. The molecule has 0 bridgehead atoms. The molecule has 0 saturated carbocycles. The van der Waals surface area contributed by atoms with Gasteiger partial charge in [0.05, 0.1) is 6.10 Å². The average Bonchev–Trinajstić information content (AvgIpc) is 2.74. The Kier molecular flexibility index (Phi) is 3.63. The molecule has 0 amide bonds. The predicted octanol–water partition coefficient (Wildman–Crippen LogP) is 1.53. The summed E-state index contributed by atoms with van der Waals surface area (Å²) in [4.78, 5) is 13.9. The number of aliphatic hydroxyl groups is 1. The average molecular weight is 306 g/mol. The number of hydrogen-bond donors (Lipinski definition) is 2. The Morgan fingerprint density at radius 1 is 1.69 bits per heavy atom. The van der Waals surface area contributed by atoms with Gasteiger partial charge in [-0.3, -0.25) is 9.69 Å². The van der Waals surface area contributed by atoms with Gasteiger partial charge in [-0.2, -0.15) is 0 Å².